The third kappa shape index (κ3) is 3.55. The standard InChI is InChI=1S/C14H21F2NO2S/c1-5-8-17-13(14(2,3)20(4,18)19)11-7-6-10(15)9-12(11)16/h6-7,9,13,17H,5,8H2,1-4H3. The molecular formula is C14H21F2NO2S. The molecule has 0 spiro atoms. The fourth-order valence-electron chi connectivity index (χ4n) is 1.97. The predicted octanol–water partition coefficient (Wildman–Crippen LogP) is 2.83. The maximum absolute atomic E-state index is 14.0. The van der Waals surface area contributed by atoms with E-state index in [4.69, 9.17) is 0 Å². The first kappa shape index (κ1) is 17.0. The molecule has 6 heteroatoms. The zero-order chi connectivity index (χ0) is 15.6. The van der Waals surface area contributed by atoms with Crippen molar-refractivity contribution in [2.45, 2.75) is 38.0 Å². The first-order valence-corrected chi connectivity index (χ1v) is 8.38. The second kappa shape index (κ2) is 6.18. The second-order valence-corrected chi connectivity index (χ2v) is 8.03. The molecule has 1 N–H and O–H groups in total. The van der Waals surface area contributed by atoms with Crippen molar-refractivity contribution in [3.8, 4) is 0 Å². The van der Waals surface area contributed by atoms with Gasteiger partial charge in [0, 0.05) is 17.9 Å². The Kier molecular flexibility index (Phi) is 5.27. The molecule has 1 atom stereocenters. The van der Waals surface area contributed by atoms with Gasteiger partial charge in [-0.1, -0.05) is 13.0 Å². The van der Waals surface area contributed by atoms with Gasteiger partial charge in [0.15, 0.2) is 9.84 Å². The zero-order valence-electron chi connectivity index (χ0n) is 12.2. The van der Waals surface area contributed by atoms with Gasteiger partial charge in [0.05, 0.1) is 10.8 Å². The number of nitrogens with one attached hydrogen (secondary N) is 1. The number of rotatable bonds is 6. The summed E-state index contributed by atoms with van der Waals surface area (Å²) in [4.78, 5) is 0. The van der Waals surface area contributed by atoms with Crippen molar-refractivity contribution < 1.29 is 17.2 Å². The van der Waals surface area contributed by atoms with Gasteiger partial charge in [-0.25, -0.2) is 17.2 Å². The fourth-order valence-corrected chi connectivity index (χ4v) is 2.61. The Hall–Kier alpha value is -1.01. The van der Waals surface area contributed by atoms with Crippen LogP contribution in [0.3, 0.4) is 0 Å². The average molecular weight is 305 g/mol. The lowest BCUT2D eigenvalue weighted by atomic mass is 9.94. The van der Waals surface area contributed by atoms with E-state index in [9.17, 15) is 17.2 Å². The summed E-state index contributed by atoms with van der Waals surface area (Å²) >= 11 is 0. The minimum absolute atomic E-state index is 0.162. The van der Waals surface area contributed by atoms with Crippen LogP contribution in [0.5, 0.6) is 0 Å². The topological polar surface area (TPSA) is 46.2 Å². The molecule has 0 aliphatic carbocycles. The first-order chi connectivity index (χ1) is 9.11. The fraction of sp³-hybridized carbons (Fsp3) is 0.571. The molecule has 0 saturated carbocycles. The van der Waals surface area contributed by atoms with E-state index in [2.05, 4.69) is 5.32 Å². The van der Waals surface area contributed by atoms with Crippen LogP contribution in [0.25, 0.3) is 0 Å². The summed E-state index contributed by atoms with van der Waals surface area (Å²) in [5, 5.41) is 3.05. The molecular weight excluding hydrogens is 284 g/mol. The number of hydrogen-bond acceptors (Lipinski definition) is 3. The van der Waals surface area contributed by atoms with E-state index >= 15 is 0 Å². The van der Waals surface area contributed by atoms with Crippen molar-refractivity contribution in [2.24, 2.45) is 0 Å². The Labute approximate surface area is 119 Å². The van der Waals surface area contributed by atoms with Gasteiger partial charge in [0.25, 0.3) is 0 Å². The molecule has 0 saturated heterocycles. The molecule has 0 radical (unpaired) electrons. The Balaban J connectivity index is 3.32. The minimum atomic E-state index is -3.43. The normalized spacial score (nSPS) is 14.3. The van der Waals surface area contributed by atoms with Gasteiger partial charge in [-0.15, -0.1) is 0 Å². The molecule has 0 amide bonds. The Bertz CT molecular complexity index is 571. The van der Waals surface area contributed by atoms with Gasteiger partial charge in [0.2, 0.25) is 0 Å². The summed E-state index contributed by atoms with van der Waals surface area (Å²) < 4.78 is 49.7. The van der Waals surface area contributed by atoms with Crippen LogP contribution in [-0.2, 0) is 9.84 Å². The molecule has 114 valence electrons. The SMILES string of the molecule is CCCNC(c1ccc(F)cc1F)C(C)(C)S(C)(=O)=O. The van der Waals surface area contributed by atoms with Gasteiger partial charge in [-0.2, -0.15) is 0 Å². The maximum atomic E-state index is 14.0. The molecule has 1 aromatic rings. The summed E-state index contributed by atoms with van der Waals surface area (Å²) in [6, 6.07) is 2.47. The molecule has 1 unspecified atom stereocenters. The van der Waals surface area contributed by atoms with Gasteiger partial charge < -0.3 is 5.32 Å². The monoisotopic (exact) mass is 305 g/mol. The average Bonchev–Trinajstić information content (AvgIpc) is 2.30. The number of hydrogen-bond donors (Lipinski definition) is 1. The van der Waals surface area contributed by atoms with E-state index < -0.39 is 32.3 Å². The summed E-state index contributed by atoms with van der Waals surface area (Å²) in [6.45, 7) is 5.55. The lowest BCUT2D eigenvalue weighted by Crippen LogP contribution is -2.45. The summed E-state index contributed by atoms with van der Waals surface area (Å²) in [5.41, 5.74) is 0.162. The molecule has 0 aliphatic heterocycles. The van der Waals surface area contributed by atoms with E-state index in [0.29, 0.717) is 6.54 Å². The molecule has 20 heavy (non-hydrogen) atoms. The molecule has 0 aromatic heterocycles. The quantitative estimate of drug-likeness (QED) is 0.879. The highest BCUT2D eigenvalue weighted by atomic mass is 32.2. The maximum Gasteiger partial charge on any atom is 0.154 e. The summed E-state index contributed by atoms with van der Waals surface area (Å²) in [6.07, 6.45) is 1.90. The van der Waals surface area contributed by atoms with E-state index in [0.717, 1.165) is 24.8 Å². The number of benzene rings is 1. The van der Waals surface area contributed by atoms with Crippen molar-refractivity contribution in [1.82, 2.24) is 5.32 Å². The van der Waals surface area contributed by atoms with Crippen molar-refractivity contribution in [3.05, 3.63) is 35.4 Å². The van der Waals surface area contributed by atoms with Gasteiger partial charge >= 0.3 is 0 Å². The van der Waals surface area contributed by atoms with Gasteiger partial charge in [-0.3, -0.25) is 0 Å². The molecule has 0 fully saturated rings. The van der Waals surface area contributed by atoms with Crippen LogP contribution < -0.4 is 5.32 Å². The Morgan fingerprint density at radius 1 is 1.30 bits per heavy atom. The molecule has 1 aromatic carbocycles. The molecule has 0 bridgehead atoms. The number of sulfone groups is 1. The third-order valence-electron chi connectivity index (χ3n) is 3.52. The first-order valence-electron chi connectivity index (χ1n) is 6.49. The number of halogens is 2. The van der Waals surface area contributed by atoms with E-state index in [1.807, 2.05) is 6.92 Å². The molecule has 1 rings (SSSR count). The van der Waals surface area contributed by atoms with E-state index in [1.165, 1.54) is 6.07 Å². The van der Waals surface area contributed by atoms with Crippen LogP contribution in [0, 0.1) is 11.6 Å². The Morgan fingerprint density at radius 2 is 1.90 bits per heavy atom. The summed E-state index contributed by atoms with van der Waals surface area (Å²) in [5.74, 6) is -1.42. The van der Waals surface area contributed by atoms with Gasteiger partial charge in [-0.05, 0) is 32.9 Å². The van der Waals surface area contributed by atoms with Crippen LogP contribution in [0.15, 0.2) is 18.2 Å². The zero-order valence-corrected chi connectivity index (χ0v) is 13.0. The van der Waals surface area contributed by atoms with Crippen LogP contribution in [0.2, 0.25) is 0 Å². The summed E-state index contributed by atoms with van der Waals surface area (Å²) in [7, 11) is -3.43. The minimum Gasteiger partial charge on any atom is -0.309 e. The highest BCUT2D eigenvalue weighted by Gasteiger charge is 2.40. The molecule has 3 nitrogen and oxygen atoms in total. The van der Waals surface area contributed by atoms with Crippen molar-refractivity contribution in [1.29, 1.82) is 0 Å². The molecule has 0 heterocycles. The van der Waals surface area contributed by atoms with Crippen LogP contribution >= 0.6 is 0 Å². The lowest BCUT2D eigenvalue weighted by Gasteiger charge is -2.34. The van der Waals surface area contributed by atoms with Crippen LogP contribution in [-0.4, -0.2) is 26.0 Å². The van der Waals surface area contributed by atoms with Crippen molar-refractivity contribution >= 4 is 9.84 Å². The predicted molar refractivity (Wildman–Crippen MR) is 76.3 cm³/mol. The highest BCUT2D eigenvalue weighted by Crippen LogP contribution is 2.33. The second-order valence-electron chi connectivity index (χ2n) is 5.43. The third-order valence-corrected chi connectivity index (χ3v) is 5.67. The highest BCUT2D eigenvalue weighted by molar-refractivity contribution is 7.92. The van der Waals surface area contributed by atoms with Gasteiger partial charge in [0.1, 0.15) is 11.6 Å². The smallest absolute Gasteiger partial charge is 0.154 e. The lowest BCUT2D eigenvalue weighted by molar-refractivity contribution is 0.405. The van der Waals surface area contributed by atoms with Crippen LogP contribution in [0.4, 0.5) is 8.78 Å². The molecule has 0 aliphatic rings. The Morgan fingerprint density at radius 3 is 2.35 bits per heavy atom. The van der Waals surface area contributed by atoms with E-state index in [1.54, 1.807) is 13.8 Å². The van der Waals surface area contributed by atoms with Crippen molar-refractivity contribution in [3.63, 3.8) is 0 Å². The van der Waals surface area contributed by atoms with Crippen LogP contribution in [0.1, 0.15) is 38.8 Å². The van der Waals surface area contributed by atoms with E-state index in [-0.39, 0.29) is 5.56 Å². The largest absolute Gasteiger partial charge is 0.309 e. The van der Waals surface area contributed by atoms with Crippen molar-refractivity contribution in [2.75, 3.05) is 12.8 Å².